The molecule has 0 aromatic carbocycles. The third kappa shape index (κ3) is 12.4. The van der Waals surface area contributed by atoms with Gasteiger partial charge in [-0.05, 0) is 6.92 Å². The van der Waals surface area contributed by atoms with E-state index in [4.69, 9.17) is 9.90 Å². The molecule has 70 valence electrons. The normalized spacial score (nSPS) is 8.00. The Hall–Kier alpha value is -0.328. The molecule has 0 spiro atoms. The number of aliphatic carboxylic acids is 1. The summed E-state index contributed by atoms with van der Waals surface area (Å²) in [6.07, 6.45) is 0. The van der Waals surface area contributed by atoms with Gasteiger partial charge in [0, 0.05) is 11.6 Å². The van der Waals surface area contributed by atoms with Crippen LogP contribution in [0.3, 0.4) is 0 Å². The molecule has 0 unspecified atom stereocenters. The quantitative estimate of drug-likeness (QED) is 0.686. The van der Waals surface area contributed by atoms with Crippen molar-refractivity contribution in [2.24, 2.45) is 0 Å². The Bertz CT molecular complexity index is 137. The summed E-state index contributed by atoms with van der Waals surface area (Å²) < 4.78 is 0.468. The first-order valence-electron chi connectivity index (χ1n) is 4.15. The molecule has 0 aliphatic rings. The van der Waals surface area contributed by atoms with Crippen molar-refractivity contribution in [3.63, 3.8) is 0 Å². The first-order chi connectivity index (χ1) is 5.45. The molecular weight excluding hydrogens is 171 g/mol. The molecule has 0 amide bonds. The van der Waals surface area contributed by atoms with Crippen LogP contribution in [0.2, 0.25) is 10.6 Å². The summed E-state index contributed by atoms with van der Waals surface area (Å²) in [5.74, 6) is -0.833. The van der Waals surface area contributed by atoms with Crippen LogP contribution in [0.25, 0.3) is 0 Å². The maximum absolute atomic E-state index is 10.7. The second-order valence-electron chi connectivity index (χ2n) is 2.64. The monoisotopic (exact) mass is 188 g/mol. The predicted octanol–water partition coefficient (Wildman–Crippen LogP) is 1.74. The largest absolute Gasteiger partial charge is 0.481 e. The van der Waals surface area contributed by atoms with Gasteiger partial charge in [0.1, 0.15) is 0 Å². The van der Waals surface area contributed by atoms with Crippen molar-refractivity contribution in [2.45, 2.75) is 38.3 Å². The zero-order chi connectivity index (χ0) is 10.1. The molecule has 3 nitrogen and oxygen atoms in total. The molecule has 0 saturated heterocycles. The van der Waals surface area contributed by atoms with Crippen LogP contribution in [-0.2, 0) is 9.59 Å². The standard InChI is InChI=1S/C2H4O2.C2H3O.2C2H5.Al/c1-2(3)4;1-2-3;2*1-2;/h1H3,(H,3,4);1H3;2*1H2,2H3;. The van der Waals surface area contributed by atoms with Crippen LogP contribution < -0.4 is 0 Å². The van der Waals surface area contributed by atoms with Crippen LogP contribution >= 0.6 is 0 Å². The van der Waals surface area contributed by atoms with E-state index in [1.165, 1.54) is 0 Å². The Labute approximate surface area is 78.2 Å². The Balaban J connectivity index is 0. The van der Waals surface area contributed by atoms with Crippen LogP contribution in [0.1, 0.15) is 27.7 Å². The van der Waals surface area contributed by atoms with E-state index in [0.29, 0.717) is 4.65 Å². The van der Waals surface area contributed by atoms with Crippen molar-refractivity contribution in [3.05, 3.63) is 0 Å². The van der Waals surface area contributed by atoms with Gasteiger partial charge in [0.2, 0.25) is 0 Å². The van der Waals surface area contributed by atoms with Crippen molar-refractivity contribution in [3.8, 4) is 0 Å². The molecule has 0 saturated carbocycles. The molecule has 0 rings (SSSR count). The van der Waals surface area contributed by atoms with Gasteiger partial charge in [0.15, 0.2) is 0 Å². The zero-order valence-electron chi connectivity index (χ0n) is 8.26. The fourth-order valence-corrected chi connectivity index (χ4v) is 2.59. The molecule has 0 heterocycles. The summed E-state index contributed by atoms with van der Waals surface area (Å²) in [5.41, 5.74) is 0. The Kier molecular flexibility index (Phi) is 10.4. The van der Waals surface area contributed by atoms with Crippen molar-refractivity contribution in [1.29, 1.82) is 0 Å². The fourth-order valence-electron chi connectivity index (χ4n) is 0.864. The number of carbonyl (C=O) groups excluding carboxylic acids is 1. The summed E-state index contributed by atoms with van der Waals surface area (Å²) in [7, 11) is 0. The topological polar surface area (TPSA) is 54.4 Å². The number of rotatable bonds is 3. The fraction of sp³-hybridized carbons (Fsp3) is 0.750. The van der Waals surface area contributed by atoms with Crippen molar-refractivity contribution < 1.29 is 14.7 Å². The van der Waals surface area contributed by atoms with Gasteiger partial charge in [-0.3, -0.25) is 4.79 Å². The van der Waals surface area contributed by atoms with E-state index in [1.807, 2.05) is 0 Å². The summed E-state index contributed by atoms with van der Waals surface area (Å²) >= 11 is -0.904. The van der Waals surface area contributed by atoms with E-state index >= 15 is 0 Å². The highest BCUT2D eigenvalue weighted by Crippen LogP contribution is 1.97. The Morgan fingerprint density at radius 3 is 1.42 bits per heavy atom. The van der Waals surface area contributed by atoms with E-state index in [1.54, 1.807) is 6.92 Å². The average molecular weight is 188 g/mol. The van der Waals surface area contributed by atoms with Crippen LogP contribution in [0, 0.1) is 0 Å². The minimum absolute atomic E-state index is 0.468. The van der Waals surface area contributed by atoms with E-state index in [9.17, 15) is 4.79 Å². The van der Waals surface area contributed by atoms with Crippen molar-refractivity contribution >= 4 is 24.8 Å². The lowest BCUT2D eigenvalue weighted by Gasteiger charge is -1.96. The molecule has 0 fully saturated rings. The van der Waals surface area contributed by atoms with Gasteiger partial charge in [-0.25, -0.2) is 0 Å². The first-order valence-corrected chi connectivity index (χ1v) is 6.36. The highest BCUT2D eigenvalue weighted by Gasteiger charge is 2.16. The number of carbonyl (C=O) groups is 2. The maximum atomic E-state index is 10.7. The second-order valence-corrected chi connectivity index (χ2v) is 6.48. The molecule has 0 atom stereocenters. The van der Waals surface area contributed by atoms with Gasteiger partial charge in [-0.15, -0.1) is 0 Å². The van der Waals surface area contributed by atoms with Gasteiger partial charge in [-0.2, -0.15) is 0 Å². The molecular formula is C8H17AlO3. The van der Waals surface area contributed by atoms with Gasteiger partial charge in [-0.1, -0.05) is 24.4 Å². The number of carboxylic acids is 1. The summed E-state index contributed by atoms with van der Waals surface area (Å²) in [6, 6.07) is 0. The van der Waals surface area contributed by atoms with E-state index in [0.717, 1.165) is 17.5 Å². The van der Waals surface area contributed by atoms with E-state index in [2.05, 4.69) is 13.8 Å². The first kappa shape index (κ1) is 14.2. The molecule has 1 N–H and O–H groups in total. The molecule has 0 radical (unpaired) electrons. The lowest BCUT2D eigenvalue weighted by Crippen LogP contribution is -2.19. The lowest BCUT2D eigenvalue weighted by molar-refractivity contribution is -0.134. The maximum Gasteiger partial charge on any atom is 0.364 e. The summed E-state index contributed by atoms with van der Waals surface area (Å²) in [4.78, 5) is 19.7. The Morgan fingerprint density at radius 2 is 1.42 bits per heavy atom. The highest BCUT2D eigenvalue weighted by molar-refractivity contribution is 6.89. The Morgan fingerprint density at radius 1 is 1.17 bits per heavy atom. The lowest BCUT2D eigenvalue weighted by atomic mass is 10.9. The zero-order valence-corrected chi connectivity index (χ0v) is 9.41. The number of hydrogen-bond acceptors (Lipinski definition) is 2. The van der Waals surface area contributed by atoms with Crippen LogP contribution in [0.4, 0.5) is 0 Å². The van der Waals surface area contributed by atoms with Crippen molar-refractivity contribution in [2.75, 3.05) is 0 Å². The van der Waals surface area contributed by atoms with Gasteiger partial charge >= 0.3 is 14.1 Å². The second kappa shape index (κ2) is 8.77. The molecule has 4 heteroatoms. The van der Waals surface area contributed by atoms with Gasteiger partial charge in [0.25, 0.3) is 5.97 Å². The van der Waals surface area contributed by atoms with Crippen LogP contribution in [-0.4, -0.2) is 29.9 Å². The van der Waals surface area contributed by atoms with Gasteiger partial charge in [0.05, 0.1) is 0 Å². The smallest absolute Gasteiger partial charge is 0.364 e. The van der Waals surface area contributed by atoms with Crippen LogP contribution in [0.5, 0.6) is 0 Å². The third-order valence-corrected chi connectivity index (χ3v) is 4.68. The molecule has 0 bridgehead atoms. The predicted molar refractivity (Wildman–Crippen MR) is 50.7 cm³/mol. The minimum Gasteiger partial charge on any atom is -0.481 e. The number of carboxylic acid groups (broad SMARTS) is 1. The summed E-state index contributed by atoms with van der Waals surface area (Å²) in [6.45, 7) is 7.04. The van der Waals surface area contributed by atoms with E-state index in [-0.39, 0.29) is 0 Å². The molecule has 0 aliphatic heterocycles. The molecule has 0 aromatic rings. The molecule has 0 aliphatic carbocycles. The minimum atomic E-state index is -0.904. The number of hydrogen-bond donors (Lipinski definition) is 1. The van der Waals surface area contributed by atoms with Gasteiger partial charge < -0.3 is 9.90 Å². The molecule has 12 heavy (non-hydrogen) atoms. The van der Waals surface area contributed by atoms with Crippen molar-refractivity contribution in [1.82, 2.24) is 0 Å². The molecule has 0 aromatic heterocycles. The third-order valence-electron chi connectivity index (χ3n) is 1.56. The average Bonchev–Trinajstić information content (AvgIpc) is 1.87. The SMILES string of the molecule is CC(=O)O.C[CH2][Al]([CH2]C)[C](C)=O. The summed E-state index contributed by atoms with van der Waals surface area (Å²) in [5, 5.41) is 9.68. The highest BCUT2D eigenvalue weighted by atomic mass is 27.2. The van der Waals surface area contributed by atoms with Crippen LogP contribution in [0.15, 0.2) is 0 Å². The van der Waals surface area contributed by atoms with E-state index < -0.39 is 20.1 Å².